The Kier molecular flexibility index (Phi) is 4.51. The molecule has 0 aliphatic carbocycles. The third-order valence-electron chi connectivity index (χ3n) is 4.08. The molecule has 124 valence electrons. The van der Waals surface area contributed by atoms with Crippen LogP contribution in [0.3, 0.4) is 0 Å². The Labute approximate surface area is 140 Å². The van der Waals surface area contributed by atoms with Gasteiger partial charge in [-0.25, -0.2) is 0 Å². The van der Waals surface area contributed by atoms with Gasteiger partial charge in [-0.1, -0.05) is 12.1 Å². The van der Waals surface area contributed by atoms with Crippen LogP contribution in [-0.2, 0) is 11.2 Å². The number of fused-ring (bicyclic) bond motifs is 1. The molecule has 2 aromatic rings. The first-order valence-corrected chi connectivity index (χ1v) is 7.78. The zero-order valence-corrected chi connectivity index (χ0v) is 13.7. The van der Waals surface area contributed by atoms with Crippen LogP contribution in [0.2, 0.25) is 0 Å². The highest BCUT2D eigenvalue weighted by molar-refractivity contribution is 5.97. The Morgan fingerprint density at radius 2 is 2.04 bits per heavy atom. The molecule has 0 saturated carbocycles. The van der Waals surface area contributed by atoms with Crippen LogP contribution < -0.4 is 14.8 Å². The van der Waals surface area contributed by atoms with Gasteiger partial charge in [0.1, 0.15) is 18.1 Å². The van der Waals surface area contributed by atoms with Gasteiger partial charge in [-0.05, 0) is 49.2 Å². The van der Waals surface area contributed by atoms with E-state index in [-0.39, 0.29) is 17.6 Å². The summed E-state index contributed by atoms with van der Waals surface area (Å²) in [6.45, 7) is 1.83. The van der Waals surface area contributed by atoms with Gasteiger partial charge in [0.05, 0.1) is 13.0 Å². The fourth-order valence-corrected chi connectivity index (χ4v) is 2.73. The summed E-state index contributed by atoms with van der Waals surface area (Å²) in [5, 5.41) is 2.86. The molecule has 1 aliphatic rings. The molecule has 1 amide bonds. The largest absolute Gasteiger partial charge is 0.497 e. The highest BCUT2D eigenvalue weighted by Crippen LogP contribution is 2.31. The van der Waals surface area contributed by atoms with Crippen molar-refractivity contribution < 1.29 is 19.1 Å². The van der Waals surface area contributed by atoms with Crippen molar-refractivity contribution in [2.24, 2.45) is 5.92 Å². The number of amides is 1. The number of benzene rings is 2. The van der Waals surface area contributed by atoms with E-state index in [1.54, 1.807) is 31.4 Å². The first kappa shape index (κ1) is 16.1. The highest BCUT2D eigenvalue weighted by atomic mass is 16.5. The predicted molar refractivity (Wildman–Crippen MR) is 90.8 cm³/mol. The second-order valence-electron chi connectivity index (χ2n) is 5.81. The minimum atomic E-state index is -0.286. The van der Waals surface area contributed by atoms with E-state index in [4.69, 9.17) is 9.47 Å². The van der Waals surface area contributed by atoms with E-state index in [0.29, 0.717) is 24.3 Å². The first-order valence-electron chi connectivity index (χ1n) is 7.78. The summed E-state index contributed by atoms with van der Waals surface area (Å²) in [5.74, 6) is 1.09. The third-order valence-corrected chi connectivity index (χ3v) is 4.08. The van der Waals surface area contributed by atoms with E-state index in [1.807, 2.05) is 18.2 Å². The topological polar surface area (TPSA) is 64.6 Å². The van der Waals surface area contributed by atoms with E-state index in [9.17, 15) is 9.59 Å². The van der Waals surface area contributed by atoms with Crippen molar-refractivity contribution >= 4 is 17.4 Å². The number of hydrogen-bond donors (Lipinski definition) is 1. The summed E-state index contributed by atoms with van der Waals surface area (Å²) in [5.41, 5.74) is 2.14. The third kappa shape index (κ3) is 3.40. The number of nitrogens with one attached hydrogen (secondary N) is 1. The van der Waals surface area contributed by atoms with Crippen molar-refractivity contribution in [1.82, 2.24) is 0 Å². The lowest BCUT2D eigenvalue weighted by Gasteiger charge is -2.25. The van der Waals surface area contributed by atoms with Crippen LogP contribution in [0, 0.1) is 5.92 Å². The Balaban J connectivity index is 1.72. The van der Waals surface area contributed by atoms with Gasteiger partial charge < -0.3 is 14.8 Å². The maximum Gasteiger partial charge on any atom is 0.231 e. The van der Waals surface area contributed by atoms with Crippen LogP contribution >= 0.6 is 0 Å². The minimum Gasteiger partial charge on any atom is -0.497 e. The molecule has 1 N–H and O–H groups in total. The molecule has 3 rings (SSSR count). The molecule has 1 aliphatic heterocycles. The number of methoxy groups -OCH3 is 1. The van der Waals surface area contributed by atoms with Gasteiger partial charge in [0.15, 0.2) is 5.78 Å². The number of ether oxygens (including phenoxy) is 2. The van der Waals surface area contributed by atoms with Crippen LogP contribution in [0.4, 0.5) is 5.69 Å². The molecule has 0 saturated heterocycles. The summed E-state index contributed by atoms with van der Waals surface area (Å²) >= 11 is 0. The molecule has 1 heterocycles. The Bertz CT molecular complexity index is 785. The molecule has 1 atom stereocenters. The van der Waals surface area contributed by atoms with Crippen molar-refractivity contribution in [3.05, 3.63) is 53.6 Å². The molecule has 0 fully saturated rings. The fraction of sp³-hybridized carbons (Fsp3) is 0.263. The second-order valence-corrected chi connectivity index (χ2v) is 5.81. The predicted octanol–water partition coefficient (Wildman–Crippen LogP) is 3.09. The number of rotatable bonds is 4. The SMILES string of the molecule is COc1ccc2c(c1)CC(C(=O)Nc1cccc(C(C)=O)c1)CO2. The molecule has 0 radical (unpaired) electrons. The van der Waals surface area contributed by atoms with Gasteiger partial charge in [0, 0.05) is 11.3 Å². The van der Waals surface area contributed by atoms with E-state index in [2.05, 4.69) is 5.32 Å². The molecule has 0 aromatic heterocycles. The maximum atomic E-state index is 12.5. The molecule has 24 heavy (non-hydrogen) atoms. The Hall–Kier alpha value is -2.82. The molecule has 0 bridgehead atoms. The quantitative estimate of drug-likeness (QED) is 0.877. The first-order chi connectivity index (χ1) is 11.6. The van der Waals surface area contributed by atoms with Gasteiger partial charge >= 0.3 is 0 Å². The summed E-state index contributed by atoms with van der Waals surface area (Å²) in [6.07, 6.45) is 0.588. The van der Waals surface area contributed by atoms with Crippen molar-refractivity contribution in [3.63, 3.8) is 0 Å². The van der Waals surface area contributed by atoms with E-state index >= 15 is 0 Å². The van der Waals surface area contributed by atoms with E-state index in [1.165, 1.54) is 6.92 Å². The van der Waals surface area contributed by atoms with Gasteiger partial charge in [0.2, 0.25) is 5.91 Å². The Morgan fingerprint density at radius 1 is 1.21 bits per heavy atom. The smallest absolute Gasteiger partial charge is 0.231 e. The van der Waals surface area contributed by atoms with Crippen molar-refractivity contribution in [2.45, 2.75) is 13.3 Å². The summed E-state index contributed by atoms with van der Waals surface area (Å²) in [7, 11) is 1.61. The van der Waals surface area contributed by atoms with Gasteiger partial charge in [-0.15, -0.1) is 0 Å². The highest BCUT2D eigenvalue weighted by Gasteiger charge is 2.26. The van der Waals surface area contributed by atoms with Crippen molar-refractivity contribution in [1.29, 1.82) is 0 Å². The minimum absolute atomic E-state index is 0.0341. The number of carbonyl (C=O) groups excluding carboxylic acids is 2. The average molecular weight is 325 g/mol. The fourth-order valence-electron chi connectivity index (χ4n) is 2.73. The van der Waals surface area contributed by atoms with Crippen LogP contribution in [0.15, 0.2) is 42.5 Å². The summed E-state index contributed by atoms with van der Waals surface area (Å²) < 4.78 is 10.9. The van der Waals surface area contributed by atoms with Crippen LogP contribution in [0.25, 0.3) is 0 Å². The molecule has 1 unspecified atom stereocenters. The standard InChI is InChI=1S/C19H19NO4/c1-12(21)13-4-3-5-16(9-13)20-19(22)15-8-14-10-17(23-2)6-7-18(14)24-11-15/h3-7,9-10,15H,8,11H2,1-2H3,(H,20,22). The van der Waals surface area contributed by atoms with Crippen molar-refractivity contribution in [3.8, 4) is 11.5 Å². The normalized spacial score (nSPS) is 15.8. The van der Waals surface area contributed by atoms with Crippen LogP contribution in [0.5, 0.6) is 11.5 Å². The zero-order chi connectivity index (χ0) is 17.1. The summed E-state index contributed by atoms with van der Waals surface area (Å²) in [6, 6.07) is 12.5. The number of ketones is 1. The van der Waals surface area contributed by atoms with E-state index in [0.717, 1.165) is 17.1 Å². The number of hydrogen-bond acceptors (Lipinski definition) is 4. The van der Waals surface area contributed by atoms with Crippen molar-refractivity contribution in [2.75, 3.05) is 19.0 Å². The summed E-state index contributed by atoms with van der Waals surface area (Å²) in [4.78, 5) is 23.9. The monoisotopic (exact) mass is 325 g/mol. The lowest BCUT2D eigenvalue weighted by atomic mass is 9.95. The average Bonchev–Trinajstić information content (AvgIpc) is 2.60. The lowest BCUT2D eigenvalue weighted by Crippen LogP contribution is -2.32. The van der Waals surface area contributed by atoms with Gasteiger partial charge in [-0.2, -0.15) is 0 Å². The van der Waals surface area contributed by atoms with Crippen LogP contribution in [-0.4, -0.2) is 25.4 Å². The zero-order valence-electron chi connectivity index (χ0n) is 13.7. The van der Waals surface area contributed by atoms with Crippen LogP contribution in [0.1, 0.15) is 22.8 Å². The van der Waals surface area contributed by atoms with Gasteiger partial charge in [0.25, 0.3) is 0 Å². The number of anilines is 1. The molecule has 2 aromatic carbocycles. The molecule has 5 nitrogen and oxygen atoms in total. The molecule has 5 heteroatoms. The number of carbonyl (C=O) groups is 2. The molecular weight excluding hydrogens is 306 g/mol. The number of Topliss-reactive ketones (excluding diaryl/α,β-unsaturated/α-hetero) is 1. The van der Waals surface area contributed by atoms with E-state index < -0.39 is 0 Å². The molecule has 0 spiro atoms. The Morgan fingerprint density at radius 3 is 2.79 bits per heavy atom. The van der Waals surface area contributed by atoms with Gasteiger partial charge in [-0.3, -0.25) is 9.59 Å². The lowest BCUT2D eigenvalue weighted by molar-refractivity contribution is -0.121. The second kappa shape index (κ2) is 6.74. The maximum absolute atomic E-state index is 12.5. The molecular formula is C19H19NO4.